The quantitative estimate of drug-likeness (QED) is 0.696. The Balaban J connectivity index is 0.00000338. The minimum Gasteiger partial charge on any atom is -0.380 e. The Hall–Kier alpha value is -1.06. The van der Waals surface area contributed by atoms with E-state index in [4.69, 9.17) is 10.5 Å². The van der Waals surface area contributed by atoms with Gasteiger partial charge in [-0.2, -0.15) is 13.2 Å². The predicted octanol–water partition coefficient (Wildman–Crippen LogP) is 2.60. The number of rotatable bonds is 7. The van der Waals surface area contributed by atoms with Crippen molar-refractivity contribution < 1.29 is 22.7 Å². The monoisotopic (exact) mass is 431 g/mol. The van der Waals surface area contributed by atoms with Crippen molar-refractivity contribution in [2.24, 2.45) is 5.73 Å². The molecule has 0 bridgehead atoms. The van der Waals surface area contributed by atoms with Crippen LogP contribution in [0.5, 0.6) is 0 Å². The van der Waals surface area contributed by atoms with Crippen LogP contribution in [0.25, 0.3) is 0 Å². The van der Waals surface area contributed by atoms with Gasteiger partial charge < -0.3 is 15.8 Å². The van der Waals surface area contributed by atoms with E-state index in [-0.39, 0.29) is 55.8 Å². The fourth-order valence-corrected chi connectivity index (χ4v) is 2.91. The van der Waals surface area contributed by atoms with E-state index in [0.717, 1.165) is 30.7 Å². The summed E-state index contributed by atoms with van der Waals surface area (Å²) in [6.45, 7) is 2.31. The highest BCUT2D eigenvalue weighted by Crippen LogP contribution is 2.29. The van der Waals surface area contributed by atoms with Gasteiger partial charge in [-0.25, -0.2) is 0 Å². The Morgan fingerprint density at radius 2 is 1.96 bits per heavy atom. The first-order chi connectivity index (χ1) is 11.8. The lowest BCUT2D eigenvalue weighted by Gasteiger charge is -2.18. The second kappa shape index (κ2) is 11.7. The van der Waals surface area contributed by atoms with Gasteiger partial charge in [0.1, 0.15) is 0 Å². The lowest BCUT2D eigenvalue weighted by molar-refractivity contribution is -0.137. The van der Waals surface area contributed by atoms with Gasteiger partial charge in [-0.1, -0.05) is 12.1 Å². The van der Waals surface area contributed by atoms with E-state index >= 15 is 0 Å². The maximum absolute atomic E-state index is 12.6. The molecule has 1 aromatic carbocycles. The largest absolute Gasteiger partial charge is 0.416 e. The van der Waals surface area contributed by atoms with Crippen LogP contribution < -0.4 is 11.1 Å². The summed E-state index contributed by atoms with van der Waals surface area (Å²) in [6.07, 6.45) is -3.56. The highest BCUT2D eigenvalue weighted by Gasteiger charge is 2.30. The highest BCUT2D eigenvalue weighted by molar-refractivity contribution is 5.85. The molecule has 1 aromatic rings. The number of halogens is 5. The van der Waals surface area contributed by atoms with Crippen LogP contribution in [0.1, 0.15) is 24.0 Å². The van der Waals surface area contributed by atoms with Crippen LogP contribution in [-0.4, -0.2) is 49.7 Å². The van der Waals surface area contributed by atoms with Crippen molar-refractivity contribution in [3.05, 3.63) is 35.4 Å². The van der Waals surface area contributed by atoms with Crippen molar-refractivity contribution in [1.82, 2.24) is 10.2 Å². The summed E-state index contributed by atoms with van der Waals surface area (Å²) in [5.41, 5.74) is 5.68. The average molecular weight is 432 g/mol. The lowest BCUT2D eigenvalue weighted by Crippen LogP contribution is -2.39. The van der Waals surface area contributed by atoms with Gasteiger partial charge in [0, 0.05) is 39.3 Å². The zero-order valence-corrected chi connectivity index (χ0v) is 16.6. The van der Waals surface area contributed by atoms with Crippen molar-refractivity contribution in [1.29, 1.82) is 0 Å². The molecule has 2 rings (SSSR count). The molecule has 2 unspecified atom stereocenters. The maximum Gasteiger partial charge on any atom is 0.416 e. The molecule has 1 amide bonds. The van der Waals surface area contributed by atoms with Crippen LogP contribution in [0.2, 0.25) is 0 Å². The second-order valence-electron chi connectivity index (χ2n) is 6.28. The number of nitrogens with two attached hydrogens (primary N) is 1. The van der Waals surface area contributed by atoms with Crippen molar-refractivity contribution in [3.63, 3.8) is 0 Å². The molecule has 0 spiro atoms. The van der Waals surface area contributed by atoms with E-state index in [1.54, 1.807) is 0 Å². The summed E-state index contributed by atoms with van der Waals surface area (Å²) in [6, 6.07) is 5.24. The number of nitrogens with one attached hydrogen (secondary N) is 1. The third-order valence-electron chi connectivity index (χ3n) is 4.33. The van der Waals surface area contributed by atoms with Gasteiger partial charge in [0.25, 0.3) is 0 Å². The number of carbonyl (C=O) groups is 1. The van der Waals surface area contributed by atoms with E-state index in [1.165, 1.54) is 19.2 Å². The van der Waals surface area contributed by atoms with Crippen molar-refractivity contribution >= 4 is 30.7 Å². The smallest absolute Gasteiger partial charge is 0.380 e. The molecule has 10 heteroatoms. The number of nitrogens with zero attached hydrogens (tertiary/aromatic N) is 1. The first-order valence-corrected chi connectivity index (χ1v) is 8.22. The van der Waals surface area contributed by atoms with Crippen LogP contribution >= 0.6 is 24.8 Å². The molecule has 0 aliphatic carbocycles. The second-order valence-corrected chi connectivity index (χ2v) is 6.28. The number of hydrogen-bond donors (Lipinski definition) is 2. The standard InChI is InChI=1S/C17H24F3N3O2.2ClH/c1-25-15(9-21)8-16(24)22-14-6-7-23(11-14)10-12-2-4-13(5-3-12)17(18,19)20;;/h2-5,14-15H,6-11,21H2,1H3,(H,22,24);2*1H. The van der Waals surface area contributed by atoms with E-state index in [2.05, 4.69) is 10.2 Å². The molecular weight excluding hydrogens is 406 g/mol. The van der Waals surface area contributed by atoms with Crippen molar-refractivity contribution in [3.8, 4) is 0 Å². The Bertz CT molecular complexity index is 570. The Kier molecular flexibility index (Phi) is 11.2. The van der Waals surface area contributed by atoms with Crippen LogP contribution in [0, 0.1) is 0 Å². The van der Waals surface area contributed by atoms with Crippen molar-refractivity contribution in [2.45, 2.75) is 37.7 Å². The molecule has 1 fully saturated rings. The molecule has 5 nitrogen and oxygen atoms in total. The number of benzene rings is 1. The number of alkyl halides is 3. The third-order valence-corrected chi connectivity index (χ3v) is 4.33. The van der Waals surface area contributed by atoms with Crippen LogP contribution in [-0.2, 0) is 22.3 Å². The summed E-state index contributed by atoms with van der Waals surface area (Å²) >= 11 is 0. The fourth-order valence-electron chi connectivity index (χ4n) is 2.91. The molecule has 0 radical (unpaired) electrons. The number of ether oxygens (including phenoxy) is 1. The van der Waals surface area contributed by atoms with Gasteiger partial charge in [-0.3, -0.25) is 9.69 Å². The predicted molar refractivity (Wildman–Crippen MR) is 102 cm³/mol. The normalized spacial score (nSPS) is 18.3. The topological polar surface area (TPSA) is 67.6 Å². The summed E-state index contributed by atoms with van der Waals surface area (Å²) in [5, 5.41) is 2.96. The van der Waals surface area contributed by atoms with Crippen LogP contribution in [0.15, 0.2) is 24.3 Å². The number of likely N-dealkylation sites (tertiary alicyclic amines) is 1. The van der Waals surface area contributed by atoms with Crippen molar-refractivity contribution in [2.75, 3.05) is 26.7 Å². The minimum atomic E-state index is -4.31. The van der Waals surface area contributed by atoms with Gasteiger partial charge >= 0.3 is 6.18 Å². The summed E-state index contributed by atoms with van der Waals surface area (Å²) in [7, 11) is 1.52. The average Bonchev–Trinajstić information content (AvgIpc) is 2.99. The van der Waals surface area contributed by atoms with E-state index < -0.39 is 11.7 Å². The molecule has 1 aliphatic heterocycles. The highest BCUT2D eigenvalue weighted by atomic mass is 35.5. The van der Waals surface area contributed by atoms with E-state index in [1.807, 2.05) is 0 Å². The minimum absolute atomic E-state index is 0. The van der Waals surface area contributed by atoms with E-state index in [9.17, 15) is 18.0 Å². The summed E-state index contributed by atoms with van der Waals surface area (Å²) in [5.74, 6) is -0.0984. The maximum atomic E-state index is 12.6. The van der Waals surface area contributed by atoms with Gasteiger partial charge in [0.05, 0.1) is 18.1 Å². The zero-order chi connectivity index (χ0) is 18.4. The third kappa shape index (κ3) is 8.23. The first-order valence-electron chi connectivity index (χ1n) is 8.22. The first kappa shape index (κ1) is 25.9. The fraction of sp³-hybridized carbons (Fsp3) is 0.588. The van der Waals surface area contributed by atoms with Gasteiger partial charge in [0.15, 0.2) is 0 Å². The zero-order valence-electron chi connectivity index (χ0n) is 15.0. The Morgan fingerprint density at radius 3 is 2.48 bits per heavy atom. The Labute approximate surface area is 169 Å². The SMILES string of the molecule is COC(CN)CC(=O)NC1CCN(Cc2ccc(C(F)(F)F)cc2)C1.Cl.Cl. The number of carbonyl (C=O) groups excluding carboxylic acids is 1. The molecule has 27 heavy (non-hydrogen) atoms. The molecule has 0 saturated carbocycles. The number of methoxy groups -OCH3 is 1. The van der Waals surface area contributed by atoms with Gasteiger partial charge in [-0.15, -0.1) is 24.8 Å². The molecule has 156 valence electrons. The molecule has 3 N–H and O–H groups in total. The molecular formula is C17H26Cl2F3N3O2. The summed E-state index contributed by atoms with van der Waals surface area (Å²) < 4.78 is 42.8. The Morgan fingerprint density at radius 1 is 1.33 bits per heavy atom. The van der Waals surface area contributed by atoms with Crippen LogP contribution in [0.3, 0.4) is 0 Å². The summed E-state index contributed by atoms with van der Waals surface area (Å²) in [4.78, 5) is 14.1. The molecule has 1 saturated heterocycles. The molecule has 1 heterocycles. The number of amides is 1. The number of hydrogen-bond acceptors (Lipinski definition) is 4. The van der Waals surface area contributed by atoms with E-state index in [0.29, 0.717) is 13.1 Å². The molecule has 1 aliphatic rings. The lowest BCUT2D eigenvalue weighted by atomic mass is 10.1. The molecule has 2 atom stereocenters. The van der Waals surface area contributed by atoms with Gasteiger partial charge in [-0.05, 0) is 24.1 Å². The van der Waals surface area contributed by atoms with Crippen LogP contribution in [0.4, 0.5) is 13.2 Å². The van der Waals surface area contributed by atoms with Gasteiger partial charge in [0.2, 0.25) is 5.91 Å². The molecule has 0 aromatic heterocycles.